The molecule has 0 spiro atoms. The van der Waals surface area contributed by atoms with Gasteiger partial charge in [0.25, 0.3) is 0 Å². The summed E-state index contributed by atoms with van der Waals surface area (Å²) < 4.78 is 36.8. The van der Waals surface area contributed by atoms with E-state index in [1.807, 2.05) is 0 Å². The number of hydrogen-bond donors (Lipinski definition) is 1. The lowest BCUT2D eigenvalue weighted by atomic mass is 10.2. The van der Waals surface area contributed by atoms with Crippen LogP contribution in [0.1, 0.15) is 0 Å². The highest BCUT2D eigenvalue weighted by Crippen LogP contribution is 2.32. The summed E-state index contributed by atoms with van der Waals surface area (Å²) in [5, 5.41) is 15.3. The zero-order valence-corrected chi connectivity index (χ0v) is 8.70. The maximum absolute atomic E-state index is 12.2. The van der Waals surface area contributed by atoms with Gasteiger partial charge in [-0.3, -0.25) is 4.79 Å². The van der Waals surface area contributed by atoms with Gasteiger partial charge in [-0.25, -0.2) is 0 Å². The minimum atomic E-state index is -4.73. The minimum Gasteiger partial charge on any atom is -0.481 e. The van der Waals surface area contributed by atoms with Crippen LogP contribution in [0.25, 0.3) is 0 Å². The lowest BCUT2D eigenvalue weighted by Gasteiger charge is -2.14. The number of carboxylic acids is 1. The number of nitrogens with zero attached hydrogens (tertiary/aromatic N) is 2. The number of rotatable bonds is 4. The fourth-order valence-corrected chi connectivity index (χ4v) is 2.32. The Labute approximate surface area is 90.5 Å². The molecule has 0 fully saturated rings. The summed E-state index contributed by atoms with van der Waals surface area (Å²) in [4.78, 5) is 10.3. The van der Waals surface area contributed by atoms with Crippen molar-refractivity contribution in [3.63, 3.8) is 0 Å². The number of carbonyl (C=O) groups is 1. The summed E-state index contributed by atoms with van der Waals surface area (Å²) >= 11 is 1.80. The first-order valence-corrected chi connectivity index (χ1v) is 5.46. The lowest BCUT2D eigenvalue weighted by Crippen LogP contribution is -2.32. The van der Waals surface area contributed by atoms with Crippen LogP contribution in [0.3, 0.4) is 0 Å². The molecule has 1 N–H and O–H groups in total. The normalized spacial score (nSPS) is 13.8. The largest absolute Gasteiger partial charge is 0.481 e. The van der Waals surface area contributed by atoms with Crippen molar-refractivity contribution in [2.24, 2.45) is 5.92 Å². The van der Waals surface area contributed by atoms with Crippen molar-refractivity contribution >= 4 is 29.1 Å². The van der Waals surface area contributed by atoms with E-state index >= 15 is 0 Å². The number of halogens is 3. The van der Waals surface area contributed by atoms with Crippen LogP contribution in [0.4, 0.5) is 13.2 Å². The van der Waals surface area contributed by atoms with E-state index < -0.39 is 23.8 Å². The molecule has 1 rings (SSSR count). The Balaban J connectivity index is 2.57. The molecular weight excluding hydrogens is 253 g/mol. The summed E-state index contributed by atoms with van der Waals surface area (Å²) in [6.07, 6.45) is -4.73. The molecule has 4 nitrogen and oxygen atoms in total. The molecule has 84 valence electrons. The summed E-state index contributed by atoms with van der Waals surface area (Å²) in [6, 6.07) is 0. The van der Waals surface area contributed by atoms with Crippen LogP contribution in [0, 0.1) is 5.92 Å². The van der Waals surface area contributed by atoms with Gasteiger partial charge in [0.1, 0.15) is 5.51 Å². The first-order valence-electron chi connectivity index (χ1n) is 3.59. The predicted molar refractivity (Wildman–Crippen MR) is 47.8 cm³/mol. The van der Waals surface area contributed by atoms with Crippen LogP contribution >= 0.6 is 23.1 Å². The minimum absolute atomic E-state index is 0.325. The van der Waals surface area contributed by atoms with Crippen molar-refractivity contribution in [1.29, 1.82) is 0 Å². The average molecular weight is 258 g/mol. The summed E-state index contributed by atoms with van der Waals surface area (Å²) in [5.41, 5.74) is 1.37. The molecule has 0 saturated carbocycles. The zero-order valence-electron chi connectivity index (χ0n) is 7.06. The second kappa shape index (κ2) is 4.79. The monoisotopic (exact) mass is 258 g/mol. The van der Waals surface area contributed by atoms with Crippen LogP contribution in [-0.4, -0.2) is 33.2 Å². The molecule has 15 heavy (non-hydrogen) atoms. The maximum Gasteiger partial charge on any atom is 0.403 e. The van der Waals surface area contributed by atoms with Crippen molar-refractivity contribution in [2.75, 3.05) is 5.75 Å². The molecule has 0 amide bonds. The van der Waals surface area contributed by atoms with Gasteiger partial charge in [0.05, 0.1) is 0 Å². The molecule has 0 bridgehead atoms. The van der Waals surface area contributed by atoms with Gasteiger partial charge in [0.15, 0.2) is 10.3 Å². The fraction of sp³-hybridized carbons (Fsp3) is 0.500. The van der Waals surface area contributed by atoms with Gasteiger partial charge in [0, 0.05) is 5.75 Å². The van der Waals surface area contributed by atoms with Crippen molar-refractivity contribution in [2.45, 2.75) is 10.5 Å². The molecule has 1 unspecified atom stereocenters. The molecule has 0 saturated heterocycles. The van der Waals surface area contributed by atoms with Crippen molar-refractivity contribution in [3.8, 4) is 0 Å². The van der Waals surface area contributed by atoms with Gasteiger partial charge >= 0.3 is 12.1 Å². The topological polar surface area (TPSA) is 63.1 Å². The number of hydrogen-bond acceptors (Lipinski definition) is 5. The van der Waals surface area contributed by atoms with Crippen LogP contribution in [0.2, 0.25) is 0 Å². The van der Waals surface area contributed by atoms with Gasteiger partial charge < -0.3 is 5.11 Å². The highest BCUT2D eigenvalue weighted by molar-refractivity contribution is 8.01. The molecule has 9 heteroatoms. The van der Waals surface area contributed by atoms with E-state index in [4.69, 9.17) is 5.11 Å². The highest BCUT2D eigenvalue weighted by Gasteiger charge is 2.45. The van der Waals surface area contributed by atoms with Crippen molar-refractivity contribution < 1.29 is 23.1 Å². The van der Waals surface area contributed by atoms with Gasteiger partial charge in [-0.15, -0.1) is 10.2 Å². The van der Waals surface area contributed by atoms with Gasteiger partial charge in [-0.05, 0) is 0 Å². The van der Waals surface area contributed by atoms with Crippen molar-refractivity contribution in [3.05, 3.63) is 5.51 Å². The highest BCUT2D eigenvalue weighted by atomic mass is 32.2. The summed E-state index contributed by atoms with van der Waals surface area (Å²) in [7, 11) is 0. The zero-order chi connectivity index (χ0) is 11.5. The van der Waals surface area contributed by atoms with E-state index in [9.17, 15) is 18.0 Å². The first kappa shape index (κ1) is 12.2. The van der Waals surface area contributed by atoms with Crippen LogP contribution in [-0.2, 0) is 4.79 Å². The second-order valence-corrected chi connectivity index (χ2v) is 4.55. The molecule has 0 aliphatic heterocycles. The van der Waals surface area contributed by atoms with Gasteiger partial charge in [0.2, 0.25) is 0 Å². The predicted octanol–water partition coefficient (Wildman–Crippen LogP) is 1.89. The number of alkyl halides is 3. The smallest absolute Gasteiger partial charge is 0.403 e. The van der Waals surface area contributed by atoms with E-state index in [0.717, 1.165) is 23.1 Å². The summed E-state index contributed by atoms with van der Waals surface area (Å²) in [6.45, 7) is 0. The van der Waals surface area contributed by atoms with E-state index in [1.54, 1.807) is 0 Å². The molecule has 0 aliphatic rings. The van der Waals surface area contributed by atoms with Crippen LogP contribution < -0.4 is 0 Å². The second-order valence-electron chi connectivity index (χ2n) is 2.45. The third-order valence-electron chi connectivity index (χ3n) is 1.41. The Bertz CT molecular complexity index is 328. The van der Waals surface area contributed by atoms with E-state index in [1.165, 1.54) is 5.51 Å². The average Bonchev–Trinajstić information content (AvgIpc) is 2.53. The standard InChI is InChI=1S/C6H5F3N2O2S2/c7-6(8,9)3(4(12)13)1-14-5-11-10-2-15-5/h2-3H,1H2,(H,12,13). The third kappa shape index (κ3) is 3.67. The van der Waals surface area contributed by atoms with E-state index in [2.05, 4.69) is 10.2 Å². The quantitative estimate of drug-likeness (QED) is 0.835. The third-order valence-corrected chi connectivity index (χ3v) is 3.36. The Hall–Kier alpha value is -0.830. The maximum atomic E-state index is 12.2. The molecule has 1 atom stereocenters. The molecular formula is C6H5F3N2O2S2. The van der Waals surface area contributed by atoms with Crippen LogP contribution in [0.5, 0.6) is 0 Å². The Kier molecular flexibility index (Phi) is 3.91. The van der Waals surface area contributed by atoms with Gasteiger partial charge in [-0.1, -0.05) is 23.1 Å². The first-order chi connectivity index (χ1) is 6.91. The lowest BCUT2D eigenvalue weighted by molar-refractivity contribution is -0.188. The molecule has 1 aromatic heterocycles. The SMILES string of the molecule is O=C(O)C(CSc1nncs1)C(F)(F)F. The Morgan fingerprint density at radius 1 is 1.67 bits per heavy atom. The summed E-state index contributed by atoms with van der Waals surface area (Å²) in [5.74, 6) is -4.83. The van der Waals surface area contributed by atoms with Gasteiger partial charge in [-0.2, -0.15) is 13.2 Å². The number of thioether (sulfide) groups is 1. The van der Waals surface area contributed by atoms with E-state index in [-0.39, 0.29) is 0 Å². The molecule has 0 aliphatic carbocycles. The Morgan fingerprint density at radius 2 is 2.33 bits per heavy atom. The van der Waals surface area contributed by atoms with E-state index in [0.29, 0.717) is 4.34 Å². The van der Waals surface area contributed by atoms with Crippen LogP contribution in [0.15, 0.2) is 9.85 Å². The van der Waals surface area contributed by atoms with Crippen molar-refractivity contribution in [1.82, 2.24) is 10.2 Å². The number of carboxylic acid groups (broad SMARTS) is 1. The number of aliphatic carboxylic acids is 1. The molecule has 1 aromatic rings. The number of aromatic nitrogens is 2. The Morgan fingerprint density at radius 3 is 2.73 bits per heavy atom. The molecule has 0 aromatic carbocycles. The molecule has 1 heterocycles. The molecule has 0 radical (unpaired) electrons. The fourth-order valence-electron chi connectivity index (χ4n) is 0.686.